The van der Waals surface area contributed by atoms with Crippen molar-refractivity contribution < 1.29 is 0 Å². The van der Waals surface area contributed by atoms with Gasteiger partial charge in [-0.1, -0.05) is 121 Å². The van der Waals surface area contributed by atoms with Gasteiger partial charge in [0.1, 0.15) is 11.2 Å². The van der Waals surface area contributed by atoms with Crippen molar-refractivity contribution in [3.8, 4) is 28.6 Å². The highest BCUT2D eigenvalue weighted by Gasteiger charge is 2.28. The normalized spacial score (nSPS) is 11.8. The zero-order valence-corrected chi connectivity index (χ0v) is 26.2. The minimum Gasteiger partial charge on any atom is -0.304 e. The third kappa shape index (κ3) is 3.98. The summed E-state index contributed by atoms with van der Waals surface area (Å²) in [6.07, 6.45) is 0. The molecule has 6 nitrogen and oxygen atoms in total. The van der Waals surface area contributed by atoms with Gasteiger partial charge in [-0.3, -0.25) is 9.36 Å². The third-order valence-corrected chi connectivity index (χ3v) is 9.46. The maximum atomic E-state index is 15.6. The number of rotatable bonds is 4. The van der Waals surface area contributed by atoms with Gasteiger partial charge in [-0.05, 0) is 42.5 Å². The maximum Gasteiger partial charge on any atom is 0.284 e. The van der Waals surface area contributed by atoms with E-state index < -0.39 is 0 Å². The first kappa shape index (κ1) is 27.3. The lowest BCUT2D eigenvalue weighted by atomic mass is 10.1. The molecule has 0 atom stereocenters. The Morgan fingerprint density at radius 2 is 0.939 bits per heavy atom. The monoisotopic (exact) mass is 629 g/mol. The molecule has 0 aliphatic rings. The van der Waals surface area contributed by atoms with Gasteiger partial charge in [-0.15, -0.1) is 0 Å². The van der Waals surface area contributed by atoms with Crippen molar-refractivity contribution in [2.75, 3.05) is 0 Å². The number of aromatic nitrogens is 5. The number of fused-ring (bicyclic) bond motifs is 8. The number of benzene rings is 6. The molecule has 6 aromatic carbocycles. The van der Waals surface area contributed by atoms with Crippen LogP contribution in [-0.2, 0) is 0 Å². The van der Waals surface area contributed by atoms with Crippen LogP contribution in [0.3, 0.4) is 0 Å². The van der Waals surface area contributed by atoms with E-state index in [0.29, 0.717) is 11.5 Å². The fraction of sp³-hybridized carbons (Fsp3) is 0. The van der Waals surface area contributed by atoms with Crippen LogP contribution in [0, 0.1) is 0 Å². The first-order valence-corrected chi connectivity index (χ1v) is 16.3. The number of para-hydroxylation sites is 5. The molecule has 0 radical (unpaired) electrons. The molecule has 0 saturated carbocycles. The van der Waals surface area contributed by atoms with Gasteiger partial charge in [0.25, 0.3) is 5.56 Å². The van der Waals surface area contributed by atoms with Crippen LogP contribution in [0.2, 0.25) is 0 Å². The molecule has 0 amide bonds. The Hall–Kier alpha value is -6.79. The second kappa shape index (κ2) is 10.6. The molecule has 0 saturated heterocycles. The van der Waals surface area contributed by atoms with Crippen LogP contribution in [0.25, 0.3) is 83.2 Å². The minimum absolute atomic E-state index is 0.197. The van der Waals surface area contributed by atoms with Crippen molar-refractivity contribution in [2.24, 2.45) is 0 Å². The second-order valence-electron chi connectivity index (χ2n) is 12.2. The van der Waals surface area contributed by atoms with Gasteiger partial charge in [0.2, 0.25) is 5.95 Å². The van der Waals surface area contributed by atoms with E-state index in [1.807, 2.05) is 121 Å². The van der Waals surface area contributed by atoms with Gasteiger partial charge in [0.05, 0.1) is 22.2 Å². The Bertz CT molecular complexity index is 2940. The molecule has 0 spiro atoms. The average molecular weight is 630 g/mol. The summed E-state index contributed by atoms with van der Waals surface area (Å²) in [6.45, 7) is 0. The molecule has 10 rings (SSSR count). The lowest BCUT2D eigenvalue weighted by Gasteiger charge is -2.16. The molecule has 0 fully saturated rings. The van der Waals surface area contributed by atoms with E-state index in [1.54, 1.807) is 4.57 Å². The van der Waals surface area contributed by atoms with Gasteiger partial charge in [0, 0.05) is 43.9 Å². The molecular formula is C43H27N5O. The van der Waals surface area contributed by atoms with E-state index in [1.165, 1.54) is 0 Å². The molecular weight excluding hydrogens is 603 g/mol. The summed E-state index contributed by atoms with van der Waals surface area (Å²) in [5.74, 6) is 0.319. The molecule has 10 aromatic rings. The molecule has 49 heavy (non-hydrogen) atoms. The second-order valence-corrected chi connectivity index (χ2v) is 12.2. The lowest BCUT2D eigenvalue weighted by Crippen LogP contribution is -2.24. The maximum absolute atomic E-state index is 15.6. The zero-order chi connectivity index (χ0) is 32.5. The zero-order valence-electron chi connectivity index (χ0n) is 26.2. The first-order valence-electron chi connectivity index (χ1n) is 16.3. The smallest absolute Gasteiger partial charge is 0.284 e. The molecule has 0 aliphatic heterocycles. The van der Waals surface area contributed by atoms with Gasteiger partial charge in [-0.25, -0.2) is 14.5 Å². The Balaban J connectivity index is 1.50. The first-order chi connectivity index (χ1) is 24.3. The predicted octanol–water partition coefficient (Wildman–Crippen LogP) is 9.64. The number of hydrogen-bond acceptors (Lipinski definition) is 3. The third-order valence-electron chi connectivity index (χ3n) is 9.46. The van der Waals surface area contributed by atoms with Crippen LogP contribution in [-0.4, -0.2) is 23.7 Å². The van der Waals surface area contributed by atoms with Crippen molar-refractivity contribution in [3.05, 3.63) is 174 Å². The quantitative estimate of drug-likeness (QED) is 0.195. The van der Waals surface area contributed by atoms with E-state index in [4.69, 9.17) is 9.97 Å². The predicted molar refractivity (Wildman–Crippen MR) is 199 cm³/mol. The Kier molecular flexibility index (Phi) is 5.92. The average Bonchev–Trinajstić information content (AvgIpc) is 3.69. The summed E-state index contributed by atoms with van der Waals surface area (Å²) < 4.78 is 6.01. The number of nitrogens with zero attached hydrogens (tertiary/aromatic N) is 5. The van der Waals surface area contributed by atoms with Gasteiger partial charge >= 0.3 is 0 Å². The highest BCUT2D eigenvalue weighted by atomic mass is 16.1. The fourth-order valence-electron chi connectivity index (χ4n) is 7.43. The van der Waals surface area contributed by atoms with Crippen LogP contribution in [0.4, 0.5) is 0 Å². The summed E-state index contributed by atoms with van der Waals surface area (Å²) >= 11 is 0. The largest absolute Gasteiger partial charge is 0.304 e. The van der Waals surface area contributed by atoms with Crippen molar-refractivity contribution in [1.82, 2.24) is 23.7 Å². The molecule has 0 N–H and O–H groups in total. The summed E-state index contributed by atoms with van der Waals surface area (Å²) in [4.78, 5) is 26.0. The Morgan fingerprint density at radius 1 is 0.429 bits per heavy atom. The lowest BCUT2D eigenvalue weighted by molar-refractivity contribution is 0.909. The standard InChI is InChI=1S/C43H27N5O/c49-42-40-37(32-23-11-14-26-35(32)46(40)29-18-6-2-7-19-29)38-33-24-12-15-27-36(33)47(30-20-8-3-9-21-30)41(38)48(42)43-44-34-25-13-10-22-31(34)39(45-43)28-16-4-1-5-17-28/h1-27H. The summed E-state index contributed by atoms with van der Waals surface area (Å²) in [7, 11) is 0. The van der Waals surface area contributed by atoms with Crippen LogP contribution in [0.1, 0.15) is 0 Å². The summed E-state index contributed by atoms with van der Waals surface area (Å²) in [5, 5.41) is 4.85. The van der Waals surface area contributed by atoms with Gasteiger partial charge in [-0.2, -0.15) is 0 Å². The van der Waals surface area contributed by atoms with E-state index in [9.17, 15) is 0 Å². The van der Waals surface area contributed by atoms with Gasteiger partial charge in [0.15, 0.2) is 0 Å². The van der Waals surface area contributed by atoms with Crippen molar-refractivity contribution in [1.29, 1.82) is 0 Å². The van der Waals surface area contributed by atoms with Crippen LogP contribution in [0.5, 0.6) is 0 Å². The highest BCUT2D eigenvalue weighted by molar-refractivity contribution is 6.28. The molecule has 4 aromatic heterocycles. The van der Waals surface area contributed by atoms with Crippen LogP contribution >= 0.6 is 0 Å². The SMILES string of the molecule is O=c1c2c(c3ccccc3n2-c2ccccc2)c2c3ccccc3n(-c3ccccc3)c2n1-c1nc(-c2ccccc2)c2ccccc2n1. The Morgan fingerprint density at radius 3 is 1.61 bits per heavy atom. The topological polar surface area (TPSA) is 57.6 Å². The molecule has 0 unspecified atom stereocenters. The van der Waals surface area contributed by atoms with E-state index in [0.717, 1.165) is 71.8 Å². The molecule has 0 bridgehead atoms. The van der Waals surface area contributed by atoms with Crippen molar-refractivity contribution in [3.63, 3.8) is 0 Å². The van der Waals surface area contributed by atoms with Crippen LogP contribution in [0.15, 0.2) is 169 Å². The fourth-order valence-corrected chi connectivity index (χ4v) is 7.43. The highest BCUT2D eigenvalue weighted by Crippen LogP contribution is 2.41. The number of hydrogen-bond donors (Lipinski definition) is 0. The minimum atomic E-state index is -0.197. The van der Waals surface area contributed by atoms with Crippen molar-refractivity contribution >= 4 is 54.6 Å². The van der Waals surface area contributed by atoms with E-state index >= 15 is 4.79 Å². The van der Waals surface area contributed by atoms with Crippen LogP contribution < -0.4 is 5.56 Å². The Labute approximate surface area is 280 Å². The summed E-state index contributed by atoms with van der Waals surface area (Å²) in [5.41, 5.74) is 7.39. The van der Waals surface area contributed by atoms with E-state index in [2.05, 4.69) is 51.6 Å². The molecule has 6 heteroatoms. The molecule has 230 valence electrons. The van der Waals surface area contributed by atoms with Crippen molar-refractivity contribution in [2.45, 2.75) is 0 Å². The van der Waals surface area contributed by atoms with Gasteiger partial charge < -0.3 is 4.57 Å². The molecule has 4 heterocycles. The molecule has 0 aliphatic carbocycles. The van der Waals surface area contributed by atoms with E-state index in [-0.39, 0.29) is 5.56 Å². The summed E-state index contributed by atoms with van der Waals surface area (Å²) in [6, 6.07) is 55.1. The number of pyridine rings is 1.